The first-order chi connectivity index (χ1) is 14.5. The Labute approximate surface area is 202 Å². The minimum Gasteiger partial charge on any atom is -0.413 e. The van der Waals surface area contributed by atoms with Crippen molar-refractivity contribution in [2.24, 2.45) is 11.8 Å². The van der Waals surface area contributed by atoms with Crippen LogP contribution in [0.25, 0.3) is 0 Å². The molecular weight excluding hydrogens is 428 g/mol. The molecule has 1 rings (SSSR count). The highest BCUT2D eigenvalue weighted by Gasteiger charge is 2.49. The number of aliphatic hydroxyl groups excluding tert-OH is 1. The van der Waals surface area contributed by atoms with Gasteiger partial charge in [-0.2, -0.15) is 0 Å². The maximum Gasteiger partial charge on any atom is 0.192 e. The van der Waals surface area contributed by atoms with Gasteiger partial charge in [0.15, 0.2) is 16.6 Å². The maximum absolute atomic E-state index is 10.5. The number of hydrogen-bond donors (Lipinski definition) is 1. The SMILES string of the molecule is C=C[C@@H]1[C@H](/C=C/C(O)CCCCC)[C@H](O[Si](C)(C)C(C)(C)C)C[C@@H]1O[Si](C)(C)C(C)(C)C. The van der Waals surface area contributed by atoms with Crippen LogP contribution in [0.2, 0.25) is 36.3 Å². The van der Waals surface area contributed by atoms with E-state index in [9.17, 15) is 5.11 Å². The van der Waals surface area contributed by atoms with E-state index in [1.54, 1.807) is 0 Å². The van der Waals surface area contributed by atoms with Crippen LogP contribution in [-0.4, -0.2) is 40.1 Å². The van der Waals surface area contributed by atoms with Crippen LogP contribution in [0.1, 0.15) is 80.6 Å². The first-order valence-electron chi connectivity index (χ1n) is 12.8. The second-order valence-electron chi connectivity index (χ2n) is 12.9. The molecule has 1 unspecified atom stereocenters. The summed E-state index contributed by atoms with van der Waals surface area (Å²) in [7, 11) is -3.85. The van der Waals surface area contributed by atoms with E-state index >= 15 is 0 Å². The first-order valence-corrected chi connectivity index (χ1v) is 18.6. The molecule has 5 atom stereocenters. The van der Waals surface area contributed by atoms with Crippen LogP contribution >= 0.6 is 0 Å². The lowest BCUT2D eigenvalue weighted by atomic mass is 9.92. The van der Waals surface area contributed by atoms with Gasteiger partial charge in [0.1, 0.15) is 0 Å². The third-order valence-corrected chi connectivity index (χ3v) is 17.2. The van der Waals surface area contributed by atoms with Gasteiger partial charge >= 0.3 is 0 Å². The van der Waals surface area contributed by atoms with Crippen LogP contribution in [0, 0.1) is 11.8 Å². The summed E-state index contributed by atoms with van der Waals surface area (Å²) in [5.41, 5.74) is 0. The Morgan fingerprint density at radius 2 is 1.38 bits per heavy atom. The highest BCUT2D eigenvalue weighted by molar-refractivity contribution is 6.74. The lowest BCUT2D eigenvalue weighted by molar-refractivity contribution is 0.135. The molecule has 0 radical (unpaired) electrons. The maximum atomic E-state index is 10.5. The van der Waals surface area contributed by atoms with Crippen molar-refractivity contribution in [1.82, 2.24) is 0 Å². The summed E-state index contributed by atoms with van der Waals surface area (Å²) in [6.45, 7) is 29.5. The monoisotopic (exact) mass is 482 g/mol. The summed E-state index contributed by atoms with van der Waals surface area (Å²) in [6.07, 6.45) is 11.3. The molecule has 0 aromatic heterocycles. The van der Waals surface area contributed by atoms with Gasteiger partial charge in [-0.3, -0.25) is 0 Å². The van der Waals surface area contributed by atoms with Gasteiger partial charge in [0.25, 0.3) is 0 Å². The van der Waals surface area contributed by atoms with Crippen LogP contribution in [0.4, 0.5) is 0 Å². The minimum absolute atomic E-state index is 0.104. The fourth-order valence-electron chi connectivity index (χ4n) is 3.92. The molecule has 1 aliphatic rings. The Kier molecular flexibility index (Phi) is 10.7. The summed E-state index contributed by atoms with van der Waals surface area (Å²) < 4.78 is 13.9. The second kappa shape index (κ2) is 11.5. The Morgan fingerprint density at radius 3 is 1.78 bits per heavy atom. The normalized spacial score (nSPS) is 26.6. The third kappa shape index (κ3) is 7.94. The Balaban J connectivity index is 3.17. The van der Waals surface area contributed by atoms with Gasteiger partial charge in [-0.25, -0.2) is 0 Å². The number of hydrogen-bond acceptors (Lipinski definition) is 3. The highest BCUT2D eigenvalue weighted by Crippen LogP contribution is 2.47. The fraction of sp³-hybridized carbons (Fsp3) is 0.852. The molecular formula is C27H54O3Si2. The van der Waals surface area contributed by atoms with Crippen molar-refractivity contribution >= 4 is 16.6 Å². The molecule has 0 amide bonds. The van der Waals surface area contributed by atoms with E-state index < -0.39 is 16.6 Å². The van der Waals surface area contributed by atoms with Crippen molar-refractivity contribution in [3.63, 3.8) is 0 Å². The van der Waals surface area contributed by atoms with Gasteiger partial charge in [0.05, 0.1) is 18.3 Å². The smallest absolute Gasteiger partial charge is 0.192 e. The second-order valence-corrected chi connectivity index (χ2v) is 22.4. The van der Waals surface area contributed by atoms with Gasteiger partial charge in [0, 0.05) is 11.8 Å². The Bertz CT molecular complexity index is 613. The molecule has 1 fully saturated rings. The minimum atomic E-state index is -1.94. The highest BCUT2D eigenvalue weighted by atomic mass is 28.4. The number of aliphatic hydroxyl groups is 1. The molecule has 0 aromatic carbocycles. The average molecular weight is 483 g/mol. The molecule has 0 bridgehead atoms. The van der Waals surface area contributed by atoms with Crippen molar-refractivity contribution < 1.29 is 14.0 Å². The van der Waals surface area contributed by atoms with Gasteiger partial charge in [-0.1, -0.05) is 86.0 Å². The van der Waals surface area contributed by atoms with Gasteiger partial charge < -0.3 is 14.0 Å². The zero-order chi connectivity index (χ0) is 25.0. The topological polar surface area (TPSA) is 38.7 Å². The zero-order valence-electron chi connectivity index (χ0n) is 23.1. The molecule has 3 nitrogen and oxygen atoms in total. The molecule has 1 aliphatic carbocycles. The number of rotatable bonds is 11. The van der Waals surface area contributed by atoms with Crippen LogP contribution < -0.4 is 0 Å². The standard InChI is InChI=1S/C27H54O3Si2/c1-13-15-16-17-21(28)18-19-23-22(14-2)24(29-31(9,10)26(3,4)5)20-25(23)30-32(11,12)27(6,7)8/h14,18-19,21-25,28H,2,13,15-17,20H2,1,3-12H3/b19-18+/t21?,22-,23+,24+,25-/m1/s1. The summed E-state index contributed by atoms with van der Waals surface area (Å²) in [5, 5.41) is 10.9. The van der Waals surface area contributed by atoms with E-state index in [2.05, 4.69) is 93.4 Å². The number of unbranched alkanes of at least 4 members (excludes halogenated alkanes) is 2. The predicted octanol–water partition coefficient (Wildman–Crippen LogP) is 8.09. The van der Waals surface area contributed by atoms with Crippen LogP contribution in [0.5, 0.6) is 0 Å². The van der Waals surface area contributed by atoms with E-state index in [1.807, 2.05) is 6.08 Å². The first kappa shape index (κ1) is 29.8. The van der Waals surface area contributed by atoms with Gasteiger partial charge in [0.2, 0.25) is 0 Å². The molecule has 5 heteroatoms. The van der Waals surface area contributed by atoms with Gasteiger partial charge in [-0.05, 0) is 49.1 Å². The Hall–Kier alpha value is -0.206. The molecule has 1 saturated carbocycles. The largest absolute Gasteiger partial charge is 0.413 e. The van der Waals surface area contributed by atoms with E-state index in [0.717, 1.165) is 19.3 Å². The zero-order valence-corrected chi connectivity index (χ0v) is 25.1. The van der Waals surface area contributed by atoms with Crippen LogP contribution in [0.3, 0.4) is 0 Å². The molecule has 0 aliphatic heterocycles. The van der Waals surface area contributed by atoms with E-state index in [1.165, 1.54) is 12.8 Å². The summed E-state index contributed by atoms with van der Waals surface area (Å²) in [6, 6.07) is 0. The summed E-state index contributed by atoms with van der Waals surface area (Å²) in [5.74, 6) is 0.398. The van der Waals surface area contributed by atoms with Crippen molar-refractivity contribution in [3.05, 3.63) is 24.8 Å². The van der Waals surface area contributed by atoms with E-state index in [-0.39, 0.29) is 40.2 Å². The Morgan fingerprint density at radius 1 is 0.906 bits per heavy atom. The quantitative estimate of drug-likeness (QED) is 0.184. The van der Waals surface area contributed by atoms with Crippen molar-refractivity contribution in [2.45, 2.75) is 135 Å². The van der Waals surface area contributed by atoms with Crippen molar-refractivity contribution in [2.75, 3.05) is 0 Å². The van der Waals surface area contributed by atoms with E-state index in [4.69, 9.17) is 8.85 Å². The van der Waals surface area contributed by atoms with Gasteiger partial charge in [-0.15, -0.1) is 6.58 Å². The molecule has 188 valence electrons. The predicted molar refractivity (Wildman–Crippen MR) is 145 cm³/mol. The molecule has 1 N–H and O–H groups in total. The molecule has 0 saturated heterocycles. The lowest BCUT2D eigenvalue weighted by Gasteiger charge is -2.40. The average Bonchev–Trinajstić information content (AvgIpc) is 2.92. The molecule has 32 heavy (non-hydrogen) atoms. The molecule has 0 spiro atoms. The third-order valence-electron chi connectivity index (χ3n) is 8.20. The van der Waals surface area contributed by atoms with Crippen LogP contribution in [-0.2, 0) is 8.85 Å². The molecule has 0 aromatic rings. The van der Waals surface area contributed by atoms with E-state index in [0.29, 0.717) is 0 Å². The fourth-order valence-corrected chi connectivity index (χ4v) is 6.65. The lowest BCUT2D eigenvalue weighted by Crippen LogP contribution is -2.45. The van der Waals surface area contributed by atoms with Crippen molar-refractivity contribution in [1.29, 1.82) is 0 Å². The molecule has 0 heterocycles. The van der Waals surface area contributed by atoms with Crippen molar-refractivity contribution in [3.8, 4) is 0 Å². The summed E-state index contributed by atoms with van der Waals surface area (Å²) in [4.78, 5) is 0. The van der Waals surface area contributed by atoms with Crippen LogP contribution in [0.15, 0.2) is 24.8 Å². The summed E-state index contributed by atoms with van der Waals surface area (Å²) >= 11 is 0.